The van der Waals surface area contributed by atoms with Gasteiger partial charge in [-0.2, -0.15) is 0 Å². The van der Waals surface area contributed by atoms with Crippen molar-refractivity contribution in [3.8, 4) is 0 Å². The summed E-state index contributed by atoms with van der Waals surface area (Å²) in [6.45, 7) is 4.72. The molecule has 1 amide bonds. The Kier molecular flexibility index (Phi) is 5.11. The average Bonchev–Trinajstić information content (AvgIpc) is 2.40. The highest BCUT2D eigenvalue weighted by atomic mass is 35.5. The molecule has 0 unspecified atom stereocenters. The second-order valence-electron chi connectivity index (χ2n) is 5.19. The summed E-state index contributed by atoms with van der Waals surface area (Å²) in [5, 5.41) is 0. The predicted octanol–water partition coefficient (Wildman–Crippen LogP) is 1.95. The van der Waals surface area contributed by atoms with Crippen LogP contribution in [0, 0.1) is 5.92 Å². The van der Waals surface area contributed by atoms with Crippen LogP contribution in [0.25, 0.3) is 0 Å². The number of carbonyl (C=O) groups is 1. The topological polar surface area (TPSA) is 23.6 Å². The fraction of sp³-hybridized carbons (Fsp3) is 0.923. The Labute approximate surface area is 109 Å². The van der Waals surface area contributed by atoms with Gasteiger partial charge >= 0.3 is 0 Å². The van der Waals surface area contributed by atoms with Gasteiger partial charge in [-0.3, -0.25) is 9.69 Å². The summed E-state index contributed by atoms with van der Waals surface area (Å²) in [6.07, 6.45) is 6.01. The molecule has 17 heavy (non-hydrogen) atoms. The van der Waals surface area contributed by atoms with Gasteiger partial charge < -0.3 is 4.90 Å². The van der Waals surface area contributed by atoms with E-state index < -0.39 is 0 Å². The first-order valence-corrected chi connectivity index (χ1v) is 7.42. The van der Waals surface area contributed by atoms with Crippen LogP contribution >= 0.6 is 11.6 Å². The molecule has 98 valence electrons. The zero-order chi connectivity index (χ0) is 12.1. The van der Waals surface area contributed by atoms with Gasteiger partial charge in [0, 0.05) is 44.5 Å². The maximum atomic E-state index is 12.3. The Hall–Kier alpha value is -0.280. The Morgan fingerprint density at radius 3 is 2.29 bits per heavy atom. The van der Waals surface area contributed by atoms with E-state index in [0.717, 1.165) is 45.6 Å². The highest BCUT2D eigenvalue weighted by Gasteiger charge is 2.28. The lowest BCUT2D eigenvalue weighted by Crippen LogP contribution is -2.50. The highest BCUT2D eigenvalue weighted by molar-refractivity contribution is 6.18. The summed E-state index contributed by atoms with van der Waals surface area (Å²) in [5.41, 5.74) is 0. The van der Waals surface area contributed by atoms with Gasteiger partial charge in [0.25, 0.3) is 0 Å². The van der Waals surface area contributed by atoms with E-state index in [2.05, 4.69) is 9.80 Å². The molecule has 0 spiro atoms. The Bertz CT molecular complexity index is 246. The maximum Gasteiger partial charge on any atom is 0.225 e. The van der Waals surface area contributed by atoms with Crippen molar-refractivity contribution in [3.05, 3.63) is 0 Å². The van der Waals surface area contributed by atoms with Crippen molar-refractivity contribution in [3.63, 3.8) is 0 Å². The van der Waals surface area contributed by atoms with Gasteiger partial charge in [0.2, 0.25) is 5.91 Å². The van der Waals surface area contributed by atoms with Crippen molar-refractivity contribution in [1.29, 1.82) is 0 Å². The van der Waals surface area contributed by atoms with Crippen molar-refractivity contribution < 1.29 is 4.79 Å². The van der Waals surface area contributed by atoms with Crippen LogP contribution in [0.3, 0.4) is 0 Å². The first-order chi connectivity index (χ1) is 8.31. The summed E-state index contributed by atoms with van der Waals surface area (Å²) in [7, 11) is 0. The molecule has 1 heterocycles. The van der Waals surface area contributed by atoms with Crippen LogP contribution in [0.5, 0.6) is 0 Å². The number of amides is 1. The zero-order valence-electron chi connectivity index (χ0n) is 10.5. The van der Waals surface area contributed by atoms with Crippen LogP contribution < -0.4 is 0 Å². The van der Waals surface area contributed by atoms with Crippen LogP contribution in [0.15, 0.2) is 0 Å². The molecule has 3 nitrogen and oxygen atoms in total. The molecule has 1 aliphatic heterocycles. The third-order valence-corrected chi connectivity index (χ3v) is 4.21. The van der Waals surface area contributed by atoms with Crippen LogP contribution in [-0.4, -0.2) is 54.3 Å². The van der Waals surface area contributed by atoms with Gasteiger partial charge in [0.05, 0.1) is 0 Å². The molecule has 0 N–H and O–H groups in total. The van der Waals surface area contributed by atoms with Gasteiger partial charge in [-0.15, -0.1) is 11.6 Å². The van der Waals surface area contributed by atoms with Gasteiger partial charge in [0.1, 0.15) is 0 Å². The van der Waals surface area contributed by atoms with E-state index in [9.17, 15) is 4.79 Å². The molecule has 2 rings (SSSR count). The monoisotopic (exact) mass is 258 g/mol. The van der Waals surface area contributed by atoms with Crippen molar-refractivity contribution in [2.24, 2.45) is 5.92 Å². The molecule has 1 aliphatic carbocycles. The summed E-state index contributed by atoms with van der Waals surface area (Å²) in [4.78, 5) is 16.7. The van der Waals surface area contributed by atoms with Crippen molar-refractivity contribution in [2.45, 2.75) is 32.1 Å². The third-order valence-electron chi connectivity index (χ3n) is 4.04. The van der Waals surface area contributed by atoms with Gasteiger partial charge in [-0.1, -0.05) is 19.3 Å². The third kappa shape index (κ3) is 3.59. The number of piperazine rings is 1. The van der Waals surface area contributed by atoms with E-state index in [1.54, 1.807) is 0 Å². The zero-order valence-corrected chi connectivity index (χ0v) is 11.3. The van der Waals surface area contributed by atoms with Crippen LogP contribution in [0.1, 0.15) is 32.1 Å². The number of halogens is 1. The summed E-state index contributed by atoms with van der Waals surface area (Å²) < 4.78 is 0. The minimum Gasteiger partial charge on any atom is -0.340 e. The number of nitrogens with zero attached hydrogens (tertiary/aromatic N) is 2. The van der Waals surface area contributed by atoms with Crippen molar-refractivity contribution >= 4 is 17.5 Å². The van der Waals surface area contributed by atoms with E-state index in [0.29, 0.717) is 17.7 Å². The largest absolute Gasteiger partial charge is 0.340 e. The van der Waals surface area contributed by atoms with E-state index in [1.165, 1.54) is 19.3 Å². The Balaban J connectivity index is 1.77. The fourth-order valence-corrected chi connectivity index (χ4v) is 3.16. The maximum absolute atomic E-state index is 12.3. The SMILES string of the molecule is O=C(C1CCCCC1)N1CCN(CCCl)CC1. The molecule has 2 fully saturated rings. The van der Waals surface area contributed by atoms with E-state index >= 15 is 0 Å². The minimum absolute atomic E-state index is 0.323. The molecular weight excluding hydrogens is 236 g/mol. The second-order valence-corrected chi connectivity index (χ2v) is 5.57. The van der Waals surface area contributed by atoms with Gasteiger partial charge in [-0.05, 0) is 12.8 Å². The fourth-order valence-electron chi connectivity index (χ4n) is 2.92. The highest BCUT2D eigenvalue weighted by Crippen LogP contribution is 2.25. The second kappa shape index (κ2) is 6.60. The molecule has 0 aromatic carbocycles. The Morgan fingerprint density at radius 1 is 1.06 bits per heavy atom. The molecule has 0 aromatic heterocycles. The number of hydrogen-bond acceptors (Lipinski definition) is 2. The number of rotatable bonds is 3. The van der Waals surface area contributed by atoms with E-state index in [4.69, 9.17) is 11.6 Å². The van der Waals surface area contributed by atoms with Crippen molar-refractivity contribution in [2.75, 3.05) is 38.6 Å². The Morgan fingerprint density at radius 2 is 1.71 bits per heavy atom. The number of alkyl halides is 1. The average molecular weight is 259 g/mol. The molecule has 0 bridgehead atoms. The van der Waals surface area contributed by atoms with Gasteiger partial charge in [-0.25, -0.2) is 0 Å². The standard InChI is InChI=1S/C13H23ClN2O/c14-6-7-15-8-10-16(11-9-15)13(17)12-4-2-1-3-5-12/h12H,1-11H2. The van der Waals surface area contributed by atoms with Gasteiger partial charge in [0.15, 0.2) is 0 Å². The van der Waals surface area contributed by atoms with Crippen molar-refractivity contribution in [1.82, 2.24) is 9.80 Å². The molecular formula is C13H23ClN2O. The smallest absolute Gasteiger partial charge is 0.225 e. The lowest BCUT2D eigenvalue weighted by Gasteiger charge is -2.36. The molecule has 0 atom stereocenters. The first kappa shape index (κ1) is 13.2. The molecule has 2 aliphatic rings. The first-order valence-electron chi connectivity index (χ1n) is 6.88. The summed E-state index contributed by atoms with van der Waals surface area (Å²) in [5.74, 6) is 1.43. The van der Waals surface area contributed by atoms with Crippen LogP contribution in [-0.2, 0) is 4.79 Å². The van der Waals surface area contributed by atoms with Crippen LogP contribution in [0.2, 0.25) is 0 Å². The number of hydrogen-bond donors (Lipinski definition) is 0. The van der Waals surface area contributed by atoms with Crippen LogP contribution in [0.4, 0.5) is 0 Å². The molecule has 4 heteroatoms. The van der Waals surface area contributed by atoms with E-state index in [-0.39, 0.29) is 0 Å². The van der Waals surface area contributed by atoms with E-state index in [1.807, 2.05) is 0 Å². The quantitative estimate of drug-likeness (QED) is 0.723. The minimum atomic E-state index is 0.323. The molecule has 0 radical (unpaired) electrons. The lowest BCUT2D eigenvalue weighted by molar-refractivity contribution is -0.138. The number of carbonyl (C=O) groups excluding carboxylic acids is 1. The lowest BCUT2D eigenvalue weighted by atomic mass is 9.88. The molecule has 0 aromatic rings. The summed E-state index contributed by atoms with van der Waals surface area (Å²) >= 11 is 5.73. The predicted molar refractivity (Wildman–Crippen MR) is 70.3 cm³/mol. The molecule has 1 saturated carbocycles. The molecule has 1 saturated heterocycles. The summed E-state index contributed by atoms with van der Waals surface area (Å²) in [6, 6.07) is 0. The normalized spacial score (nSPS) is 23.9.